The number of hydrogen-bond acceptors (Lipinski definition) is 5. The van der Waals surface area contributed by atoms with Gasteiger partial charge in [-0.1, -0.05) is 41.5 Å². The van der Waals surface area contributed by atoms with E-state index < -0.39 is 16.9 Å². The van der Waals surface area contributed by atoms with E-state index in [-0.39, 0.29) is 40.3 Å². The SMILES string of the molecule is CO[C@@H]1CC[C@@]2(C)C(C[C@H](O)[C@@]23CC[C@]2(C)[C@@H]([C@H](C)C[C@@H]4C=C(C)C(=O)O4)CC[C@@]2(C)C3=O)C1(C)C. The number of hydrogen-bond donors (Lipinski definition) is 1. The van der Waals surface area contributed by atoms with Crippen molar-refractivity contribution >= 4 is 11.8 Å². The molecule has 1 N–H and O–H groups in total. The number of Topliss-reactive ketones (excluding diaryl/α,β-unsaturated/α-hetero) is 1. The number of ketones is 1. The number of aliphatic hydroxyl groups excluding tert-OH is 1. The van der Waals surface area contributed by atoms with E-state index in [1.165, 1.54) is 0 Å². The Hall–Kier alpha value is -1.20. The van der Waals surface area contributed by atoms with Crippen molar-refractivity contribution in [3.8, 4) is 0 Å². The monoisotopic (exact) mass is 500 g/mol. The third-order valence-electron chi connectivity index (χ3n) is 13.0. The average Bonchev–Trinajstić information content (AvgIpc) is 3.35. The Morgan fingerprint density at radius 1 is 1.06 bits per heavy atom. The third-order valence-corrected chi connectivity index (χ3v) is 13.0. The highest BCUT2D eigenvalue weighted by molar-refractivity contribution is 5.94. The number of rotatable bonds is 4. The van der Waals surface area contributed by atoms with Crippen LogP contribution in [0, 0.1) is 44.8 Å². The molecule has 0 radical (unpaired) electrons. The molecule has 1 spiro atoms. The molecule has 1 heterocycles. The van der Waals surface area contributed by atoms with E-state index >= 15 is 0 Å². The maximum Gasteiger partial charge on any atom is 0.334 e. The van der Waals surface area contributed by atoms with E-state index in [1.54, 1.807) is 7.11 Å². The number of methoxy groups -OCH3 is 1. The standard InChI is InChI=1S/C31H48O5/c1-18(15-20-16-19(2)25(33)36-20)21-9-11-30(7)26(34)31(14-13-28(21,30)5)23(32)17-22-27(3,4)24(35-8)10-12-29(22,31)6/h16,18,20-24,32H,9-15,17H2,1-8H3/t18-,20-,21-,22?,23+,24-,28-,29+,30+,31-/m1/s1. The van der Waals surface area contributed by atoms with Crippen LogP contribution >= 0.6 is 0 Å². The van der Waals surface area contributed by atoms with Crippen LogP contribution in [0.4, 0.5) is 0 Å². The maximum atomic E-state index is 14.9. The number of cyclic esters (lactones) is 1. The Labute approximate surface area is 217 Å². The highest BCUT2D eigenvalue weighted by Gasteiger charge is 2.76. The van der Waals surface area contributed by atoms with E-state index in [4.69, 9.17) is 9.47 Å². The predicted molar refractivity (Wildman–Crippen MR) is 139 cm³/mol. The summed E-state index contributed by atoms with van der Waals surface area (Å²) in [7, 11) is 1.80. The topological polar surface area (TPSA) is 72.8 Å². The summed E-state index contributed by atoms with van der Waals surface area (Å²) < 4.78 is 11.5. The first-order chi connectivity index (χ1) is 16.7. The second kappa shape index (κ2) is 8.15. The number of carbonyl (C=O) groups excluding carboxylic acids is 2. The normalized spacial score (nSPS) is 50.6. The van der Waals surface area contributed by atoms with Crippen molar-refractivity contribution in [1.82, 2.24) is 0 Å². The van der Waals surface area contributed by atoms with Crippen molar-refractivity contribution in [1.29, 1.82) is 0 Å². The van der Waals surface area contributed by atoms with Crippen LogP contribution in [0.2, 0.25) is 0 Å². The lowest BCUT2D eigenvalue weighted by molar-refractivity contribution is -0.187. The molecule has 10 atom stereocenters. The summed E-state index contributed by atoms with van der Waals surface area (Å²) in [5.74, 6) is 1.16. The van der Waals surface area contributed by atoms with E-state index in [1.807, 2.05) is 13.0 Å². The lowest BCUT2D eigenvalue weighted by atomic mass is 9.41. The van der Waals surface area contributed by atoms with Crippen LogP contribution in [-0.4, -0.2) is 42.3 Å². The summed E-state index contributed by atoms with van der Waals surface area (Å²) in [6, 6.07) is 0. The summed E-state index contributed by atoms with van der Waals surface area (Å²) >= 11 is 0. The van der Waals surface area contributed by atoms with Gasteiger partial charge in [-0.05, 0) is 98.4 Å². The molecule has 202 valence electrons. The smallest absolute Gasteiger partial charge is 0.334 e. The number of carbonyl (C=O) groups is 2. The lowest BCUT2D eigenvalue weighted by Gasteiger charge is -2.62. The van der Waals surface area contributed by atoms with Crippen molar-refractivity contribution in [3.63, 3.8) is 0 Å². The van der Waals surface area contributed by atoms with Crippen LogP contribution in [0.5, 0.6) is 0 Å². The minimum atomic E-state index is -0.666. The fourth-order valence-electron chi connectivity index (χ4n) is 10.7. The van der Waals surface area contributed by atoms with Crippen molar-refractivity contribution in [2.75, 3.05) is 7.11 Å². The first-order valence-corrected chi connectivity index (χ1v) is 14.3. The van der Waals surface area contributed by atoms with Gasteiger partial charge in [0.1, 0.15) is 11.9 Å². The number of ether oxygens (including phenoxy) is 2. The maximum absolute atomic E-state index is 14.9. The van der Waals surface area contributed by atoms with Gasteiger partial charge in [-0.3, -0.25) is 4.79 Å². The zero-order chi connectivity index (χ0) is 26.5. The summed E-state index contributed by atoms with van der Waals surface area (Å²) in [6.45, 7) is 15.6. The van der Waals surface area contributed by atoms with Gasteiger partial charge in [0.2, 0.25) is 0 Å². The van der Waals surface area contributed by atoms with Crippen LogP contribution in [-0.2, 0) is 19.1 Å². The van der Waals surface area contributed by atoms with Gasteiger partial charge in [-0.15, -0.1) is 0 Å². The molecular weight excluding hydrogens is 452 g/mol. The van der Waals surface area contributed by atoms with Crippen molar-refractivity contribution < 1.29 is 24.2 Å². The number of aliphatic hydroxyl groups is 1. The second-order valence-electron chi connectivity index (χ2n) is 14.5. The summed E-state index contributed by atoms with van der Waals surface area (Å²) in [5.41, 5.74) is -0.802. The Morgan fingerprint density at radius 2 is 1.75 bits per heavy atom. The molecule has 0 aromatic rings. The molecule has 36 heavy (non-hydrogen) atoms. The quantitative estimate of drug-likeness (QED) is 0.488. The Kier molecular flexibility index (Phi) is 5.98. The van der Waals surface area contributed by atoms with Crippen molar-refractivity contribution in [2.45, 2.75) is 118 Å². The highest BCUT2D eigenvalue weighted by atomic mass is 16.5. The van der Waals surface area contributed by atoms with Crippen molar-refractivity contribution in [3.05, 3.63) is 11.6 Å². The van der Waals surface area contributed by atoms with E-state index in [9.17, 15) is 14.7 Å². The Bertz CT molecular complexity index is 983. The molecule has 5 aliphatic rings. The van der Waals surface area contributed by atoms with E-state index in [2.05, 4.69) is 41.5 Å². The van der Waals surface area contributed by atoms with Gasteiger partial charge < -0.3 is 14.6 Å². The minimum absolute atomic E-state index is 0.0781. The molecule has 0 amide bonds. The Balaban J connectivity index is 1.45. The molecule has 0 bridgehead atoms. The van der Waals surface area contributed by atoms with Gasteiger partial charge in [-0.25, -0.2) is 4.79 Å². The zero-order valence-corrected chi connectivity index (χ0v) is 23.8. The predicted octanol–water partition coefficient (Wildman–Crippen LogP) is 5.88. The van der Waals surface area contributed by atoms with E-state index in [0.29, 0.717) is 29.6 Å². The van der Waals surface area contributed by atoms with Crippen LogP contribution in [0.15, 0.2) is 11.6 Å². The molecule has 0 saturated heterocycles. The van der Waals surface area contributed by atoms with Gasteiger partial charge in [0, 0.05) is 18.1 Å². The zero-order valence-electron chi connectivity index (χ0n) is 23.8. The molecule has 4 fully saturated rings. The molecule has 1 aliphatic heterocycles. The molecule has 0 aromatic heterocycles. The minimum Gasteiger partial charge on any atom is -0.455 e. The molecule has 5 nitrogen and oxygen atoms in total. The second-order valence-corrected chi connectivity index (χ2v) is 14.5. The molecule has 4 aliphatic carbocycles. The first kappa shape index (κ1) is 26.4. The first-order valence-electron chi connectivity index (χ1n) is 14.3. The molecule has 4 saturated carbocycles. The summed E-state index contributed by atoms with van der Waals surface area (Å²) in [5, 5.41) is 11.8. The lowest BCUT2D eigenvalue weighted by Crippen LogP contribution is -2.64. The fraction of sp³-hybridized carbons (Fsp3) is 0.871. The fourth-order valence-corrected chi connectivity index (χ4v) is 10.7. The highest BCUT2D eigenvalue weighted by Crippen LogP contribution is 2.76. The number of fused-ring (bicyclic) bond motifs is 3. The molecule has 5 rings (SSSR count). The molecule has 1 unspecified atom stereocenters. The van der Waals surface area contributed by atoms with Gasteiger partial charge in [0.15, 0.2) is 0 Å². The van der Waals surface area contributed by atoms with Gasteiger partial charge >= 0.3 is 5.97 Å². The van der Waals surface area contributed by atoms with Crippen LogP contribution in [0.3, 0.4) is 0 Å². The third kappa shape index (κ3) is 3.08. The molecular formula is C31H48O5. The van der Waals surface area contributed by atoms with Crippen LogP contribution in [0.1, 0.15) is 99.8 Å². The van der Waals surface area contributed by atoms with E-state index in [0.717, 1.165) is 44.9 Å². The van der Waals surface area contributed by atoms with Crippen LogP contribution in [0.25, 0.3) is 0 Å². The van der Waals surface area contributed by atoms with Gasteiger partial charge in [0.05, 0.1) is 17.6 Å². The molecule has 0 aromatic carbocycles. The number of esters is 1. The summed E-state index contributed by atoms with van der Waals surface area (Å²) in [4.78, 5) is 26.8. The van der Waals surface area contributed by atoms with Gasteiger partial charge in [-0.2, -0.15) is 0 Å². The molecule has 5 heteroatoms. The van der Waals surface area contributed by atoms with Gasteiger partial charge in [0.25, 0.3) is 0 Å². The Morgan fingerprint density at radius 3 is 2.36 bits per heavy atom. The summed E-state index contributed by atoms with van der Waals surface area (Å²) in [6.07, 6.45) is 8.43. The largest absolute Gasteiger partial charge is 0.455 e. The average molecular weight is 501 g/mol. The van der Waals surface area contributed by atoms with Crippen LogP contribution < -0.4 is 0 Å². The van der Waals surface area contributed by atoms with Crippen molar-refractivity contribution in [2.24, 2.45) is 44.8 Å².